The zero-order valence-electron chi connectivity index (χ0n) is 15.6. The van der Waals surface area contributed by atoms with Gasteiger partial charge in [-0.25, -0.2) is 0 Å². The molecule has 0 spiro atoms. The van der Waals surface area contributed by atoms with Gasteiger partial charge < -0.3 is 13.7 Å². The third-order valence-corrected chi connectivity index (χ3v) is 5.30. The maximum absolute atomic E-state index is 5.86. The molecule has 8 nitrogen and oxygen atoms in total. The van der Waals surface area contributed by atoms with Crippen molar-refractivity contribution in [1.29, 1.82) is 0 Å². The molecule has 0 saturated heterocycles. The summed E-state index contributed by atoms with van der Waals surface area (Å²) in [4.78, 5) is 4.04. The van der Waals surface area contributed by atoms with Crippen LogP contribution in [0.15, 0.2) is 58.4 Å². The number of aromatic nitrogens is 6. The highest BCUT2D eigenvalue weighted by Crippen LogP contribution is 2.35. The predicted molar refractivity (Wildman–Crippen MR) is 105 cm³/mol. The normalized spacial score (nSPS) is 12.1. The lowest BCUT2D eigenvalue weighted by molar-refractivity contribution is 0.415. The Kier molecular flexibility index (Phi) is 5.07. The van der Waals surface area contributed by atoms with Crippen molar-refractivity contribution in [2.75, 3.05) is 7.11 Å². The van der Waals surface area contributed by atoms with Crippen LogP contribution >= 0.6 is 11.8 Å². The van der Waals surface area contributed by atoms with E-state index >= 15 is 0 Å². The van der Waals surface area contributed by atoms with Crippen molar-refractivity contribution in [3.63, 3.8) is 0 Å². The summed E-state index contributed by atoms with van der Waals surface area (Å²) in [6.07, 6.45) is 3.47. The Morgan fingerprint density at radius 3 is 2.43 bits per heavy atom. The second-order valence-electron chi connectivity index (χ2n) is 6.04. The molecule has 0 aliphatic rings. The lowest BCUT2D eigenvalue weighted by atomic mass is 10.2. The van der Waals surface area contributed by atoms with Crippen molar-refractivity contribution in [3.05, 3.63) is 54.7 Å². The Morgan fingerprint density at radius 2 is 1.71 bits per heavy atom. The van der Waals surface area contributed by atoms with Gasteiger partial charge in [-0.1, -0.05) is 11.8 Å². The lowest BCUT2D eigenvalue weighted by Gasteiger charge is -2.07. The Hall–Kier alpha value is -3.20. The fraction of sp³-hybridized carbons (Fsp3) is 0.211. The van der Waals surface area contributed by atoms with Crippen LogP contribution in [-0.2, 0) is 7.05 Å². The lowest BCUT2D eigenvalue weighted by Crippen LogP contribution is -1.97. The van der Waals surface area contributed by atoms with Crippen molar-refractivity contribution in [1.82, 2.24) is 29.9 Å². The monoisotopic (exact) mass is 394 g/mol. The van der Waals surface area contributed by atoms with Gasteiger partial charge in [-0.3, -0.25) is 4.98 Å². The molecule has 0 aliphatic heterocycles. The van der Waals surface area contributed by atoms with E-state index in [1.165, 1.54) is 11.8 Å². The number of ether oxygens (including phenoxy) is 1. The molecule has 0 radical (unpaired) electrons. The molecule has 4 aromatic rings. The van der Waals surface area contributed by atoms with Crippen molar-refractivity contribution in [2.45, 2.75) is 17.3 Å². The van der Waals surface area contributed by atoms with E-state index < -0.39 is 0 Å². The van der Waals surface area contributed by atoms with Gasteiger partial charge in [0.15, 0.2) is 11.0 Å². The van der Waals surface area contributed by atoms with Crippen molar-refractivity contribution >= 4 is 11.8 Å². The summed E-state index contributed by atoms with van der Waals surface area (Å²) in [5.41, 5.74) is 1.81. The summed E-state index contributed by atoms with van der Waals surface area (Å²) >= 11 is 1.51. The molecule has 0 amide bonds. The molecule has 142 valence electrons. The second-order valence-corrected chi connectivity index (χ2v) is 7.34. The maximum atomic E-state index is 5.86. The van der Waals surface area contributed by atoms with Gasteiger partial charge in [-0.2, -0.15) is 0 Å². The molecule has 0 bridgehead atoms. The topological polar surface area (TPSA) is 91.8 Å². The van der Waals surface area contributed by atoms with Gasteiger partial charge in [0, 0.05) is 30.6 Å². The summed E-state index contributed by atoms with van der Waals surface area (Å²) in [6, 6.07) is 11.3. The number of hydrogen-bond donors (Lipinski definition) is 0. The zero-order chi connectivity index (χ0) is 19.5. The van der Waals surface area contributed by atoms with Gasteiger partial charge in [0.1, 0.15) is 5.75 Å². The van der Waals surface area contributed by atoms with Crippen molar-refractivity contribution in [3.8, 4) is 28.6 Å². The van der Waals surface area contributed by atoms with E-state index in [0.717, 1.165) is 27.9 Å². The summed E-state index contributed by atoms with van der Waals surface area (Å²) in [6.45, 7) is 2.00. The van der Waals surface area contributed by atoms with E-state index in [1.54, 1.807) is 19.5 Å². The van der Waals surface area contributed by atoms with Crippen molar-refractivity contribution < 1.29 is 9.15 Å². The van der Waals surface area contributed by atoms with Gasteiger partial charge in [-0.05, 0) is 43.3 Å². The third-order valence-electron chi connectivity index (χ3n) is 4.18. The number of methoxy groups -OCH3 is 1. The number of thioether (sulfide) groups is 1. The van der Waals surface area contributed by atoms with Crippen LogP contribution in [0.25, 0.3) is 22.8 Å². The smallest absolute Gasteiger partial charge is 0.247 e. The quantitative estimate of drug-likeness (QED) is 0.456. The Bertz CT molecular complexity index is 1060. The van der Waals surface area contributed by atoms with Crippen LogP contribution in [0, 0.1) is 0 Å². The maximum Gasteiger partial charge on any atom is 0.247 e. The van der Waals surface area contributed by atoms with Crippen LogP contribution in [0.4, 0.5) is 0 Å². The molecule has 0 saturated carbocycles. The molecular formula is C19H18N6O2S. The van der Waals surface area contributed by atoms with E-state index in [0.29, 0.717) is 11.8 Å². The van der Waals surface area contributed by atoms with Crippen LogP contribution < -0.4 is 4.74 Å². The molecule has 1 atom stereocenters. The Labute approximate surface area is 166 Å². The van der Waals surface area contributed by atoms with Gasteiger partial charge >= 0.3 is 0 Å². The van der Waals surface area contributed by atoms with Crippen molar-refractivity contribution in [2.24, 2.45) is 7.05 Å². The van der Waals surface area contributed by atoms with Crippen LogP contribution in [0.5, 0.6) is 5.75 Å². The zero-order valence-corrected chi connectivity index (χ0v) is 16.4. The number of hydrogen-bond acceptors (Lipinski definition) is 8. The first-order valence-corrected chi connectivity index (χ1v) is 9.48. The van der Waals surface area contributed by atoms with E-state index in [2.05, 4.69) is 25.4 Å². The van der Waals surface area contributed by atoms with Gasteiger partial charge in [0.05, 0.1) is 12.4 Å². The largest absolute Gasteiger partial charge is 0.497 e. The highest BCUT2D eigenvalue weighted by atomic mass is 32.2. The molecule has 9 heteroatoms. The van der Waals surface area contributed by atoms with E-state index in [9.17, 15) is 0 Å². The second kappa shape index (κ2) is 7.81. The van der Waals surface area contributed by atoms with Gasteiger partial charge in [-0.15, -0.1) is 20.4 Å². The first-order chi connectivity index (χ1) is 13.7. The predicted octanol–water partition coefficient (Wildman–Crippen LogP) is 3.79. The first kappa shape index (κ1) is 18.2. The molecule has 1 aromatic carbocycles. The molecular weight excluding hydrogens is 376 g/mol. The van der Waals surface area contributed by atoms with Crippen LogP contribution in [0.2, 0.25) is 0 Å². The van der Waals surface area contributed by atoms with Crippen LogP contribution in [0.3, 0.4) is 0 Å². The summed E-state index contributed by atoms with van der Waals surface area (Å²) in [5, 5.41) is 17.6. The van der Waals surface area contributed by atoms with Crippen LogP contribution in [0.1, 0.15) is 18.1 Å². The number of benzene rings is 1. The summed E-state index contributed by atoms with van der Waals surface area (Å²) in [5.74, 6) is 2.56. The molecule has 3 heterocycles. The SMILES string of the molecule is COc1ccc(-c2nnc(C(C)Sc3nnc(-c4ccncc4)n3C)o2)cc1. The fourth-order valence-electron chi connectivity index (χ4n) is 2.63. The highest BCUT2D eigenvalue weighted by Gasteiger charge is 2.20. The molecule has 4 rings (SSSR count). The molecule has 1 unspecified atom stereocenters. The third kappa shape index (κ3) is 3.61. The minimum Gasteiger partial charge on any atom is -0.497 e. The standard InChI is InChI=1S/C19H18N6O2S/c1-12(17-22-23-18(27-17)14-4-6-15(26-3)7-5-14)28-19-24-21-16(25(19)2)13-8-10-20-11-9-13/h4-12H,1-3H3. The average Bonchev–Trinajstić information content (AvgIpc) is 3.37. The molecule has 28 heavy (non-hydrogen) atoms. The molecule has 0 N–H and O–H groups in total. The highest BCUT2D eigenvalue weighted by molar-refractivity contribution is 7.99. The minimum absolute atomic E-state index is 0.0762. The molecule has 0 aliphatic carbocycles. The number of nitrogens with zero attached hydrogens (tertiary/aromatic N) is 6. The Morgan fingerprint density at radius 1 is 0.964 bits per heavy atom. The first-order valence-electron chi connectivity index (χ1n) is 8.60. The minimum atomic E-state index is -0.0762. The van der Waals surface area contributed by atoms with Gasteiger partial charge in [0.25, 0.3) is 0 Å². The number of rotatable bonds is 6. The van der Waals surface area contributed by atoms with E-state index in [1.807, 2.05) is 54.9 Å². The van der Waals surface area contributed by atoms with E-state index in [4.69, 9.17) is 9.15 Å². The molecule has 0 fully saturated rings. The van der Waals surface area contributed by atoms with E-state index in [-0.39, 0.29) is 5.25 Å². The number of pyridine rings is 1. The van der Waals surface area contributed by atoms with Crippen LogP contribution in [-0.4, -0.2) is 37.1 Å². The average molecular weight is 394 g/mol. The Balaban J connectivity index is 1.51. The molecule has 3 aromatic heterocycles. The summed E-state index contributed by atoms with van der Waals surface area (Å²) in [7, 11) is 3.56. The summed E-state index contributed by atoms with van der Waals surface area (Å²) < 4.78 is 13.0. The fourth-order valence-corrected chi connectivity index (χ4v) is 3.47. The van der Waals surface area contributed by atoms with Gasteiger partial charge in [0.2, 0.25) is 11.8 Å².